The van der Waals surface area contributed by atoms with Gasteiger partial charge in [0.15, 0.2) is 0 Å². The third kappa shape index (κ3) is 10.8. The van der Waals surface area contributed by atoms with Gasteiger partial charge in [0, 0.05) is 61.5 Å². The number of hydrogen-bond acceptors (Lipinski definition) is 9. The second kappa shape index (κ2) is 18.3. The molecule has 0 bridgehead atoms. The Bertz CT molecular complexity index is 2020. The molecule has 1 unspecified atom stereocenters. The lowest BCUT2D eigenvalue weighted by atomic mass is 9.78. The molecule has 2 heterocycles. The van der Waals surface area contributed by atoms with Crippen LogP contribution in [0.3, 0.4) is 0 Å². The highest BCUT2D eigenvalue weighted by atomic mass is 32.2. The van der Waals surface area contributed by atoms with Crippen molar-refractivity contribution in [1.29, 1.82) is 0 Å². The van der Waals surface area contributed by atoms with E-state index in [9.17, 15) is 26.2 Å². The van der Waals surface area contributed by atoms with E-state index in [1.165, 1.54) is 12.1 Å². The minimum absolute atomic E-state index is 0.0829. The molecule has 0 spiro atoms. The maximum absolute atomic E-state index is 12.2. The van der Waals surface area contributed by atoms with E-state index < -0.39 is 31.6 Å². The molecule has 0 aromatic heterocycles. The van der Waals surface area contributed by atoms with Crippen LogP contribution in [0.2, 0.25) is 0 Å². The van der Waals surface area contributed by atoms with Crippen LogP contribution in [-0.2, 0) is 39.9 Å². The number of nitrogens with zero attached hydrogens (tertiary/aromatic N) is 2. The molecule has 52 heavy (non-hydrogen) atoms. The van der Waals surface area contributed by atoms with Gasteiger partial charge in [-0.1, -0.05) is 18.6 Å². The van der Waals surface area contributed by atoms with Gasteiger partial charge in [0.05, 0.1) is 36.2 Å². The maximum Gasteiger partial charge on any atom is 0.303 e. The predicted octanol–water partition coefficient (Wildman–Crippen LogP) is 5.07. The molecule has 0 radical (unpaired) electrons. The van der Waals surface area contributed by atoms with Crippen molar-refractivity contribution in [2.75, 3.05) is 57.2 Å². The van der Waals surface area contributed by atoms with Crippen LogP contribution in [0, 0.1) is 0 Å². The van der Waals surface area contributed by atoms with Crippen molar-refractivity contribution < 1.29 is 49.7 Å². The first-order valence-corrected chi connectivity index (χ1v) is 20.3. The van der Waals surface area contributed by atoms with Crippen LogP contribution in [-0.4, -0.2) is 89.3 Å². The molecular weight excluding hydrogens is 713 g/mol. The van der Waals surface area contributed by atoms with Crippen molar-refractivity contribution >= 4 is 38.0 Å². The summed E-state index contributed by atoms with van der Waals surface area (Å²) >= 11 is 0. The number of fused-ring (bicyclic) bond motifs is 2. The molecule has 1 aromatic carbocycles. The number of hydrogen-bond donors (Lipinski definition) is 3. The third-order valence-electron chi connectivity index (χ3n) is 9.28. The molecule has 1 aliphatic carbocycles. The zero-order valence-corrected chi connectivity index (χ0v) is 31.5. The molecular formula is C37H49N2O11S2+. The summed E-state index contributed by atoms with van der Waals surface area (Å²) in [6.45, 7) is 6.80. The van der Waals surface area contributed by atoms with Crippen molar-refractivity contribution in [1.82, 2.24) is 4.58 Å². The van der Waals surface area contributed by atoms with Crippen molar-refractivity contribution in [3.8, 4) is 11.3 Å². The van der Waals surface area contributed by atoms with Gasteiger partial charge >= 0.3 is 5.97 Å². The summed E-state index contributed by atoms with van der Waals surface area (Å²) < 4.78 is 84.7. The lowest BCUT2D eigenvalue weighted by molar-refractivity contribution is -0.137. The summed E-state index contributed by atoms with van der Waals surface area (Å²) in [5, 5.41) is 9.96. The van der Waals surface area contributed by atoms with Crippen LogP contribution in [0.4, 0.5) is 5.69 Å². The van der Waals surface area contributed by atoms with Crippen molar-refractivity contribution in [3.63, 3.8) is 0 Å². The highest BCUT2D eigenvalue weighted by molar-refractivity contribution is 7.86. The number of methoxy groups -OCH3 is 1. The maximum atomic E-state index is 12.2. The Morgan fingerprint density at radius 2 is 1.79 bits per heavy atom. The van der Waals surface area contributed by atoms with Crippen LogP contribution in [0.25, 0.3) is 17.4 Å². The molecule has 2 aliphatic heterocycles. The van der Waals surface area contributed by atoms with Crippen molar-refractivity contribution in [2.24, 2.45) is 0 Å². The van der Waals surface area contributed by atoms with E-state index in [2.05, 4.69) is 4.90 Å². The topological polar surface area (TPSA) is 184 Å². The van der Waals surface area contributed by atoms with E-state index in [0.717, 1.165) is 33.4 Å². The number of allylic oxidation sites excluding steroid dienone is 3. The van der Waals surface area contributed by atoms with Gasteiger partial charge in [0.2, 0.25) is 5.36 Å². The van der Waals surface area contributed by atoms with Gasteiger partial charge in [0.25, 0.3) is 20.2 Å². The monoisotopic (exact) mass is 761 g/mol. The highest BCUT2D eigenvalue weighted by Crippen LogP contribution is 2.51. The van der Waals surface area contributed by atoms with Crippen LogP contribution in [0.5, 0.6) is 0 Å². The largest absolute Gasteiger partial charge is 0.481 e. The number of carboxylic acids is 1. The Kier molecular flexibility index (Phi) is 14.4. The number of anilines is 1. The van der Waals surface area contributed by atoms with Gasteiger partial charge in [-0.15, -0.1) is 0 Å². The number of carboxylic acid groups (broad SMARTS) is 1. The smallest absolute Gasteiger partial charge is 0.303 e. The highest BCUT2D eigenvalue weighted by Gasteiger charge is 2.43. The SMILES string of the molecule is CC[N+](CCCS(=O)(=O)O)=c1ccc2c(/C=C/C=C3/N(CCCCCC(=O)O)c4ccc(S(=O)(=O)O)cc4C3(C)CCOCCOC)ccoc-2c1. The third-order valence-corrected chi connectivity index (χ3v) is 10.9. The van der Waals surface area contributed by atoms with Gasteiger partial charge in [-0.25, -0.2) is 4.58 Å². The molecule has 3 N–H and O–H groups in total. The lowest BCUT2D eigenvalue weighted by Crippen LogP contribution is -2.31. The van der Waals surface area contributed by atoms with E-state index in [0.29, 0.717) is 70.9 Å². The van der Waals surface area contributed by atoms with Crippen LogP contribution in [0.1, 0.15) is 63.5 Å². The molecule has 15 heteroatoms. The van der Waals surface area contributed by atoms with Crippen molar-refractivity contribution in [3.05, 3.63) is 83.1 Å². The number of ether oxygens (including phenoxy) is 2. The molecule has 0 fully saturated rings. The van der Waals surface area contributed by atoms with Gasteiger partial charge in [-0.2, -0.15) is 16.8 Å². The standard InChI is InChI=1S/C37H48N2O11S2/c1-4-38(19-9-25-51(42,43)44)29-13-15-31-28(17-21-50-34(31)26-29)10-8-11-35-37(2,18-22-49-24-23-48-3)32-27-30(52(45,46)47)14-16-33(32)39(35)20-7-5-6-12-36(40)41/h8,10-11,13-17,21,26-27H,4-7,9,12,18-20,22-25H2,1-3H3,(H2-,40,41,42,43,44,45,46,47)/p+1. The summed E-state index contributed by atoms with van der Waals surface area (Å²) in [5.74, 6) is -0.528. The minimum atomic E-state index is -4.47. The number of unbranched alkanes of at least 4 members (excludes halogenated alkanes) is 2. The quantitative estimate of drug-likeness (QED) is 0.0790. The van der Waals surface area contributed by atoms with E-state index in [4.69, 9.17) is 23.6 Å². The number of rotatable bonds is 20. The molecule has 0 amide bonds. The molecule has 1 aromatic rings. The van der Waals surface area contributed by atoms with E-state index >= 15 is 0 Å². The Balaban J connectivity index is 1.73. The van der Waals surface area contributed by atoms with Gasteiger partial charge in [-0.05, 0) is 80.6 Å². The fourth-order valence-electron chi connectivity index (χ4n) is 6.55. The fourth-order valence-corrected chi connectivity index (χ4v) is 7.55. The van der Waals surface area contributed by atoms with Gasteiger partial charge < -0.3 is 23.9 Å². The average Bonchev–Trinajstić information content (AvgIpc) is 3.31. The molecule has 4 rings (SSSR count). The Hall–Kier alpha value is -3.86. The molecule has 0 saturated carbocycles. The molecule has 3 aliphatic rings. The van der Waals surface area contributed by atoms with Crippen molar-refractivity contribution in [2.45, 2.75) is 62.7 Å². The Morgan fingerprint density at radius 3 is 2.48 bits per heavy atom. The summed E-state index contributed by atoms with van der Waals surface area (Å²) in [6.07, 6.45) is 10.3. The van der Waals surface area contributed by atoms with Crippen LogP contribution >= 0.6 is 0 Å². The minimum Gasteiger partial charge on any atom is -0.481 e. The number of carbonyl (C=O) groups is 1. The average molecular weight is 762 g/mol. The molecule has 1 atom stereocenters. The van der Waals surface area contributed by atoms with E-state index in [-0.39, 0.29) is 23.5 Å². The summed E-state index contributed by atoms with van der Waals surface area (Å²) in [6, 6.07) is 12.3. The Labute approximate surface area is 305 Å². The molecule has 0 saturated heterocycles. The first-order valence-electron chi connectivity index (χ1n) is 17.3. The van der Waals surface area contributed by atoms with Crippen LogP contribution < -0.4 is 14.8 Å². The molecule has 13 nitrogen and oxygen atoms in total. The first-order chi connectivity index (χ1) is 24.7. The zero-order valence-electron chi connectivity index (χ0n) is 29.9. The fraction of sp³-hybridized carbons (Fsp3) is 0.459. The summed E-state index contributed by atoms with van der Waals surface area (Å²) in [7, 11) is -6.92. The lowest BCUT2D eigenvalue weighted by Gasteiger charge is -2.30. The van der Waals surface area contributed by atoms with Crippen LogP contribution in [0.15, 0.2) is 75.9 Å². The van der Waals surface area contributed by atoms with E-state index in [1.807, 2.05) is 60.9 Å². The second-order valence-electron chi connectivity index (χ2n) is 12.9. The van der Waals surface area contributed by atoms with E-state index in [1.54, 1.807) is 19.4 Å². The van der Waals surface area contributed by atoms with Gasteiger partial charge in [0.1, 0.15) is 18.8 Å². The first kappa shape index (κ1) is 40.9. The zero-order chi connectivity index (χ0) is 37.9. The summed E-state index contributed by atoms with van der Waals surface area (Å²) in [4.78, 5) is 13.0. The van der Waals surface area contributed by atoms with Gasteiger partial charge in [-0.3, -0.25) is 13.9 Å². The normalized spacial score (nSPS) is 17.7. The number of benzene rings is 2. The predicted molar refractivity (Wildman–Crippen MR) is 199 cm³/mol. The Morgan fingerprint density at radius 1 is 1.00 bits per heavy atom. The molecule has 284 valence electrons. The summed E-state index contributed by atoms with van der Waals surface area (Å²) in [5.41, 5.74) is 3.46. The number of aliphatic carboxylic acids is 1. The second-order valence-corrected chi connectivity index (χ2v) is 15.9.